The molecule has 0 saturated heterocycles. The summed E-state index contributed by atoms with van der Waals surface area (Å²) in [7, 11) is 0. The molecular weight excluding hydrogens is 274 g/mol. The Morgan fingerprint density at radius 3 is 2.57 bits per heavy atom. The Balaban J connectivity index is 1.89. The molecule has 1 heterocycles. The lowest BCUT2D eigenvalue weighted by Crippen LogP contribution is -2.21. The molecule has 0 spiro atoms. The van der Waals surface area contributed by atoms with Gasteiger partial charge in [-0.25, -0.2) is 8.78 Å². The first-order chi connectivity index (χ1) is 10.0. The molecule has 0 amide bonds. The molecule has 0 aliphatic heterocycles. The number of nitrogens with zero attached hydrogens (tertiary/aromatic N) is 1. The van der Waals surface area contributed by atoms with Crippen molar-refractivity contribution in [2.24, 2.45) is 0 Å². The summed E-state index contributed by atoms with van der Waals surface area (Å²) in [5.74, 6) is -1.53. The van der Waals surface area contributed by atoms with Crippen molar-refractivity contribution in [3.63, 3.8) is 0 Å². The van der Waals surface area contributed by atoms with E-state index in [9.17, 15) is 8.78 Å². The van der Waals surface area contributed by atoms with Crippen molar-refractivity contribution in [1.82, 2.24) is 10.3 Å². The predicted octanol–water partition coefficient (Wildman–Crippen LogP) is 3.44. The zero-order chi connectivity index (χ0) is 15.2. The molecule has 0 atom stereocenters. The first-order valence-corrected chi connectivity index (χ1v) is 6.79. The van der Waals surface area contributed by atoms with Crippen LogP contribution in [0.4, 0.5) is 8.78 Å². The monoisotopic (exact) mass is 292 g/mol. The number of hydrogen-bond acceptors (Lipinski definition) is 3. The second-order valence-electron chi connectivity index (χ2n) is 5.06. The summed E-state index contributed by atoms with van der Waals surface area (Å²) in [4.78, 5) is 4.28. The molecule has 0 fully saturated rings. The van der Waals surface area contributed by atoms with Gasteiger partial charge in [0.05, 0.1) is 5.69 Å². The van der Waals surface area contributed by atoms with E-state index >= 15 is 0 Å². The maximum atomic E-state index is 13.0. The van der Waals surface area contributed by atoms with E-state index in [-0.39, 0.29) is 12.4 Å². The molecular formula is C16H18F2N2O. The fourth-order valence-electron chi connectivity index (χ4n) is 1.69. The maximum Gasteiger partial charge on any atom is 0.162 e. The van der Waals surface area contributed by atoms with Crippen molar-refractivity contribution in [2.45, 2.75) is 33.0 Å². The standard InChI is InChI=1S/C16H18F2N2O/c1-11(2)19-8-12-3-4-13(20-9-12)10-21-14-5-6-15(17)16(18)7-14/h3-7,9,11,19H,8,10H2,1-2H3. The molecule has 0 radical (unpaired) electrons. The van der Waals surface area contributed by atoms with Gasteiger partial charge in [-0.3, -0.25) is 4.98 Å². The lowest BCUT2D eigenvalue weighted by Gasteiger charge is -2.09. The van der Waals surface area contributed by atoms with Crippen molar-refractivity contribution >= 4 is 0 Å². The summed E-state index contributed by atoms with van der Waals surface area (Å²) in [6, 6.07) is 7.69. The Labute approximate surface area is 123 Å². The van der Waals surface area contributed by atoms with Crippen LogP contribution in [-0.2, 0) is 13.2 Å². The predicted molar refractivity (Wildman–Crippen MR) is 76.9 cm³/mol. The molecule has 0 aliphatic rings. The van der Waals surface area contributed by atoms with E-state index < -0.39 is 11.6 Å². The van der Waals surface area contributed by atoms with Crippen molar-refractivity contribution in [1.29, 1.82) is 0 Å². The molecule has 21 heavy (non-hydrogen) atoms. The van der Waals surface area contributed by atoms with Gasteiger partial charge < -0.3 is 10.1 Å². The molecule has 0 saturated carbocycles. The van der Waals surface area contributed by atoms with Gasteiger partial charge in [-0.2, -0.15) is 0 Å². The van der Waals surface area contributed by atoms with Crippen LogP contribution in [0.5, 0.6) is 5.75 Å². The average molecular weight is 292 g/mol. The molecule has 2 aromatic rings. The maximum absolute atomic E-state index is 13.0. The second kappa shape index (κ2) is 7.13. The Bertz CT molecular complexity index is 585. The first-order valence-electron chi connectivity index (χ1n) is 6.79. The highest BCUT2D eigenvalue weighted by molar-refractivity contribution is 5.24. The topological polar surface area (TPSA) is 34.1 Å². The van der Waals surface area contributed by atoms with Gasteiger partial charge in [0.25, 0.3) is 0 Å². The van der Waals surface area contributed by atoms with E-state index in [0.717, 1.165) is 29.9 Å². The molecule has 0 bridgehead atoms. The number of benzene rings is 1. The summed E-state index contributed by atoms with van der Waals surface area (Å²) in [6.07, 6.45) is 1.78. The van der Waals surface area contributed by atoms with Crippen LogP contribution in [-0.4, -0.2) is 11.0 Å². The highest BCUT2D eigenvalue weighted by atomic mass is 19.2. The van der Waals surface area contributed by atoms with Gasteiger partial charge in [0.1, 0.15) is 12.4 Å². The lowest BCUT2D eigenvalue weighted by atomic mass is 10.2. The number of rotatable bonds is 6. The lowest BCUT2D eigenvalue weighted by molar-refractivity contribution is 0.298. The van der Waals surface area contributed by atoms with E-state index in [0.29, 0.717) is 6.04 Å². The normalized spacial score (nSPS) is 10.9. The fourth-order valence-corrected chi connectivity index (χ4v) is 1.69. The highest BCUT2D eigenvalue weighted by Gasteiger charge is 2.04. The highest BCUT2D eigenvalue weighted by Crippen LogP contribution is 2.16. The Morgan fingerprint density at radius 1 is 1.14 bits per heavy atom. The SMILES string of the molecule is CC(C)NCc1ccc(COc2ccc(F)c(F)c2)nc1. The van der Waals surface area contributed by atoms with Crippen molar-refractivity contribution < 1.29 is 13.5 Å². The molecule has 0 aliphatic carbocycles. The van der Waals surface area contributed by atoms with E-state index in [1.165, 1.54) is 6.07 Å². The molecule has 1 aromatic carbocycles. The summed E-state index contributed by atoms with van der Waals surface area (Å²) < 4.78 is 31.2. The van der Waals surface area contributed by atoms with Gasteiger partial charge >= 0.3 is 0 Å². The van der Waals surface area contributed by atoms with Crippen LogP contribution in [0.3, 0.4) is 0 Å². The van der Waals surface area contributed by atoms with Gasteiger partial charge in [-0.05, 0) is 23.8 Å². The number of hydrogen-bond donors (Lipinski definition) is 1. The molecule has 5 heteroatoms. The van der Waals surface area contributed by atoms with Gasteiger partial charge in [-0.1, -0.05) is 19.9 Å². The number of ether oxygens (including phenoxy) is 1. The fraction of sp³-hybridized carbons (Fsp3) is 0.312. The summed E-state index contributed by atoms with van der Waals surface area (Å²) >= 11 is 0. The minimum absolute atomic E-state index is 0.211. The molecule has 1 N–H and O–H groups in total. The zero-order valence-electron chi connectivity index (χ0n) is 12.1. The third-order valence-electron chi connectivity index (χ3n) is 2.88. The van der Waals surface area contributed by atoms with E-state index in [1.54, 1.807) is 6.20 Å². The molecule has 2 rings (SSSR count). The molecule has 3 nitrogen and oxygen atoms in total. The quantitative estimate of drug-likeness (QED) is 0.885. The van der Waals surface area contributed by atoms with Crippen LogP contribution in [0.15, 0.2) is 36.5 Å². The molecule has 0 unspecified atom stereocenters. The summed E-state index contributed by atoms with van der Waals surface area (Å²) in [5, 5.41) is 3.30. The van der Waals surface area contributed by atoms with Crippen LogP contribution in [0.1, 0.15) is 25.1 Å². The zero-order valence-corrected chi connectivity index (χ0v) is 12.1. The number of pyridine rings is 1. The van der Waals surface area contributed by atoms with Gasteiger partial charge in [0.2, 0.25) is 0 Å². The average Bonchev–Trinajstić information content (AvgIpc) is 2.47. The van der Waals surface area contributed by atoms with Crippen molar-refractivity contribution in [3.8, 4) is 5.75 Å². The van der Waals surface area contributed by atoms with Gasteiger partial charge in [-0.15, -0.1) is 0 Å². The van der Waals surface area contributed by atoms with E-state index in [1.807, 2.05) is 12.1 Å². The van der Waals surface area contributed by atoms with Gasteiger partial charge in [0, 0.05) is 24.8 Å². The Hall–Kier alpha value is -2.01. The van der Waals surface area contributed by atoms with Crippen LogP contribution in [0.2, 0.25) is 0 Å². The second-order valence-corrected chi connectivity index (χ2v) is 5.06. The minimum atomic E-state index is -0.921. The Morgan fingerprint density at radius 2 is 1.95 bits per heavy atom. The van der Waals surface area contributed by atoms with Gasteiger partial charge in [0.15, 0.2) is 11.6 Å². The largest absolute Gasteiger partial charge is 0.487 e. The Kier molecular flexibility index (Phi) is 5.22. The third-order valence-corrected chi connectivity index (χ3v) is 2.88. The van der Waals surface area contributed by atoms with Crippen LogP contribution < -0.4 is 10.1 Å². The van der Waals surface area contributed by atoms with E-state index in [2.05, 4.69) is 24.1 Å². The number of nitrogens with one attached hydrogen (secondary N) is 1. The van der Waals surface area contributed by atoms with Crippen LogP contribution in [0.25, 0.3) is 0 Å². The molecule has 112 valence electrons. The summed E-state index contributed by atoms with van der Waals surface area (Å²) in [5.41, 5.74) is 1.81. The third kappa shape index (κ3) is 4.79. The first kappa shape index (κ1) is 15.4. The molecule has 1 aromatic heterocycles. The smallest absolute Gasteiger partial charge is 0.162 e. The number of aromatic nitrogens is 1. The van der Waals surface area contributed by atoms with Crippen molar-refractivity contribution in [3.05, 3.63) is 59.4 Å². The minimum Gasteiger partial charge on any atom is -0.487 e. The van der Waals surface area contributed by atoms with Crippen LogP contribution >= 0.6 is 0 Å². The van der Waals surface area contributed by atoms with Crippen molar-refractivity contribution in [2.75, 3.05) is 0 Å². The van der Waals surface area contributed by atoms with Crippen LogP contribution in [0, 0.1) is 11.6 Å². The summed E-state index contributed by atoms with van der Waals surface area (Å²) in [6.45, 7) is 5.13. The number of halogens is 2. The van der Waals surface area contributed by atoms with E-state index in [4.69, 9.17) is 4.74 Å².